The molecule has 1 atom stereocenters. The highest BCUT2D eigenvalue weighted by Gasteiger charge is 2.24. The number of benzene rings is 1. The molecule has 0 fully saturated rings. The molecule has 1 unspecified atom stereocenters. The van der Waals surface area contributed by atoms with Gasteiger partial charge in [0.1, 0.15) is 12.4 Å². The van der Waals surface area contributed by atoms with Crippen molar-refractivity contribution < 1.29 is 14.0 Å². The van der Waals surface area contributed by atoms with Crippen molar-refractivity contribution >= 4 is 11.8 Å². The summed E-state index contributed by atoms with van der Waals surface area (Å²) in [5.74, 6) is -2.13. The van der Waals surface area contributed by atoms with E-state index in [1.54, 1.807) is 31.2 Å². The molecule has 0 bridgehead atoms. The topological polar surface area (TPSA) is 73.2 Å². The van der Waals surface area contributed by atoms with Crippen molar-refractivity contribution in [3.05, 3.63) is 35.6 Å². The Hall–Kier alpha value is -2.42. The monoisotopic (exact) mass is 263 g/mol. The lowest BCUT2D eigenvalue weighted by molar-refractivity contribution is -0.146. The van der Waals surface area contributed by atoms with Gasteiger partial charge in [-0.2, -0.15) is 5.26 Å². The second-order valence-electron chi connectivity index (χ2n) is 3.95. The van der Waals surface area contributed by atoms with E-state index in [1.807, 2.05) is 0 Å². The van der Waals surface area contributed by atoms with Crippen molar-refractivity contribution in [3.8, 4) is 6.07 Å². The fraction of sp³-hybridized carbons (Fsp3) is 0.308. The van der Waals surface area contributed by atoms with Gasteiger partial charge >= 0.3 is 11.8 Å². The van der Waals surface area contributed by atoms with Gasteiger partial charge in [0, 0.05) is 12.6 Å². The number of rotatable bonds is 3. The third-order valence-electron chi connectivity index (χ3n) is 2.78. The number of nitriles is 1. The van der Waals surface area contributed by atoms with Crippen LogP contribution in [-0.2, 0) is 9.59 Å². The molecular weight excluding hydrogens is 249 g/mol. The average molecular weight is 263 g/mol. The third-order valence-corrected chi connectivity index (χ3v) is 2.78. The van der Waals surface area contributed by atoms with Crippen LogP contribution < -0.4 is 5.32 Å². The Bertz CT molecular complexity index is 525. The van der Waals surface area contributed by atoms with Crippen LogP contribution in [0.4, 0.5) is 4.39 Å². The van der Waals surface area contributed by atoms with Crippen LogP contribution in [0.25, 0.3) is 0 Å². The third kappa shape index (κ3) is 3.52. The minimum Gasteiger partial charge on any atom is -0.335 e. The zero-order valence-corrected chi connectivity index (χ0v) is 10.7. The van der Waals surface area contributed by atoms with Gasteiger partial charge in [-0.25, -0.2) is 4.39 Å². The molecule has 100 valence electrons. The van der Waals surface area contributed by atoms with E-state index in [9.17, 15) is 14.0 Å². The second-order valence-corrected chi connectivity index (χ2v) is 3.95. The number of likely N-dealkylation sites (N-methyl/N-ethyl adjacent to an activating group) is 1. The number of nitrogens with zero attached hydrogens (tertiary/aromatic N) is 2. The van der Waals surface area contributed by atoms with Crippen molar-refractivity contribution in [2.24, 2.45) is 0 Å². The molecule has 0 heterocycles. The van der Waals surface area contributed by atoms with Crippen LogP contribution in [0.15, 0.2) is 24.3 Å². The van der Waals surface area contributed by atoms with Crippen LogP contribution in [0, 0.1) is 17.1 Å². The van der Waals surface area contributed by atoms with Crippen LogP contribution in [0.5, 0.6) is 0 Å². The Morgan fingerprint density at radius 3 is 2.68 bits per heavy atom. The van der Waals surface area contributed by atoms with Crippen LogP contribution in [-0.4, -0.2) is 30.3 Å². The van der Waals surface area contributed by atoms with Crippen molar-refractivity contribution in [2.45, 2.75) is 13.0 Å². The Balaban J connectivity index is 2.80. The molecule has 5 nitrogen and oxygen atoms in total. The highest BCUT2D eigenvalue weighted by atomic mass is 19.1. The molecule has 0 aliphatic rings. The Labute approximate surface area is 110 Å². The molecule has 0 aliphatic heterocycles. The number of amides is 2. The first-order chi connectivity index (χ1) is 8.99. The SMILES string of the molecule is CC(c1ccccc1F)N(C)C(=O)C(=O)NCC#N. The minimum atomic E-state index is -0.882. The first kappa shape index (κ1) is 14.6. The van der Waals surface area contributed by atoms with E-state index in [2.05, 4.69) is 5.32 Å². The maximum atomic E-state index is 13.6. The summed E-state index contributed by atoms with van der Waals surface area (Å²) >= 11 is 0. The maximum Gasteiger partial charge on any atom is 0.312 e. The number of halogens is 1. The Morgan fingerprint density at radius 2 is 2.11 bits per heavy atom. The summed E-state index contributed by atoms with van der Waals surface area (Å²) < 4.78 is 13.6. The van der Waals surface area contributed by atoms with Crippen LogP contribution >= 0.6 is 0 Å². The maximum absolute atomic E-state index is 13.6. The zero-order chi connectivity index (χ0) is 14.4. The quantitative estimate of drug-likeness (QED) is 0.652. The van der Waals surface area contributed by atoms with Gasteiger partial charge < -0.3 is 10.2 Å². The number of carbonyl (C=O) groups excluding carboxylic acids is 2. The van der Waals surface area contributed by atoms with E-state index in [0.717, 1.165) is 4.90 Å². The molecule has 1 N–H and O–H groups in total. The van der Waals surface area contributed by atoms with Gasteiger partial charge in [0.15, 0.2) is 0 Å². The number of hydrogen-bond acceptors (Lipinski definition) is 3. The summed E-state index contributed by atoms with van der Waals surface area (Å²) in [4.78, 5) is 24.3. The highest BCUT2D eigenvalue weighted by molar-refractivity contribution is 6.35. The molecule has 1 aromatic carbocycles. The summed E-state index contributed by atoms with van der Waals surface area (Å²) in [5.41, 5.74) is 0.325. The standard InChI is InChI=1S/C13H14FN3O2/c1-9(10-5-3-4-6-11(10)14)17(2)13(19)12(18)16-8-7-15/h3-6,9H,8H2,1-2H3,(H,16,18). The molecule has 0 radical (unpaired) electrons. The van der Waals surface area contributed by atoms with Gasteiger partial charge in [0.2, 0.25) is 0 Å². The highest BCUT2D eigenvalue weighted by Crippen LogP contribution is 2.21. The van der Waals surface area contributed by atoms with E-state index in [-0.39, 0.29) is 6.54 Å². The molecule has 6 heteroatoms. The van der Waals surface area contributed by atoms with Gasteiger partial charge in [-0.15, -0.1) is 0 Å². The van der Waals surface area contributed by atoms with Crippen molar-refractivity contribution in [1.29, 1.82) is 5.26 Å². The fourth-order valence-electron chi connectivity index (χ4n) is 1.55. The summed E-state index contributed by atoms with van der Waals surface area (Å²) in [6, 6.07) is 7.17. The molecule has 0 aromatic heterocycles. The van der Waals surface area contributed by atoms with Gasteiger partial charge in [0.05, 0.1) is 12.1 Å². The fourth-order valence-corrected chi connectivity index (χ4v) is 1.55. The molecule has 0 spiro atoms. The second kappa shape index (κ2) is 6.50. The van der Waals surface area contributed by atoms with Gasteiger partial charge in [0.25, 0.3) is 0 Å². The van der Waals surface area contributed by atoms with E-state index in [4.69, 9.17) is 5.26 Å². The van der Waals surface area contributed by atoms with Crippen LogP contribution in [0.2, 0.25) is 0 Å². The van der Waals surface area contributed by atoms with E-state index in [1.165, 1.54) is 13.1 Å². The number of nitrogens with one attached hydrogen (secondary N) is 1. The normalized spacial score (nSPS) is 11.3. The molecule has 1 rings (SSSR count). The molecule has 0 aliphatic carbocycles. The average Bonchev–Trinajstić information content (AvgIpc) is 2.42. The molecule has 1 aromatic rings. The van der Waals surface area contributed by atoms with Crippen molar-refractivity contribution in [2.75, 3.05) is 13.6 Å². The summed E-state index contributed by atoms with van der Waals surface area (Å²) in [7, 11) is 1.41. The Morgan fingerprint density at radius 1 is 1.47 bits per heavy atom. The number of carbonyl (C=O) groups is 2. The first-order valence-corrected chi connectivity index (χ1v) is 5.65. The van der Waals surface area contributed by atoms with Gasteiger partial charge in [-0.3, -0.25) is 9.59 Å². The van der Waals surface area contributed by atoms with E-state index >= 15 is 0 Å². The van der Waals surface area contributed by atoms with Crippen molar-refractivity contribution in [1.82, 2.24) is 10.2 Å². The van der Waals surface area contributed by atoms with E-state index < -0.39 is 23.7 Å². The predicted molar refractivity (Wildman–Crippen MR) is 66.2 cm³/mol. The number of hydrogen-bond donors (Lipinski definition) is 1. The Kier molecular flexibility index (Phi) is 5.01. The van der Waals surface area contributed by atoms with Gasteiger partial charge in [-0.05, 0) is 13.0 Å². The summed E-state index contributed by atoms with van der Waals surface area (Å²) in [6.07, 6.45) is 0. The summed E-state index contributed by atoms with van der Waals surface area (Å²) in [6.45, 7) is 1.38. The molecule has 0 saturated carbocycles. The molecule has 19 heavy (non-hydrogen) atoms. The van der Waals surface area contributed by atoms with Crippen LogP contribution in [0.3, 0.4) is 0 Å². The molecule has 0 saturated heterocycles. The molecule has 2 amide bonds. The lowest BCUT2D eigenvalue weighted by Crippen LogP contribution is -2.42. The van der Waals surface area contributed by atoms with Crippen LogP contribution in [0.1, 0.15) is 18.5 Å². The van der Waals surface area contributed by atoms with Crippen molar-refractivity contribution in [3.63, 3.8) is 0 Å². The summed E-state index contributed by atoms with van der Waals surface area (Å²) in [5, 5.41) is 10.5. The largest absolute Gasteiger partial charge is 0.335 e. The smallest absolute Gasteiger partial charge is 0.312 e. The lowest BCUT2D eigenvalue weighted by Gasteiger charge is -2.24. The zero-order valence-electron chi connectivity index (χ0n) is 10.7. The first-order valence-electron chi connectivity index (χ1n) is 5.65. The van der Waals surface area contributed by atoms with Gasteiger partial charge in [-0.1, -0.05) is 18.2 Å². The lowest BCUT2D eigenvalue weighted by atomic mass is 10.1. The minimum absolute atomic E-state index is 0.244. The van der Waals surface area contributed by atoms with E-state index in [0.29, 0.717) is 5.56 Å². The predicted octanol–water partition coefficient (Wildman–Crippen LogP) is 0.985. The molecular formula is C13H14FN3O2.